The number of aromatic hydroxyl groups is 1. The highest BCUT2D eigenvalue weighted by Crippen LogP contribution is 2.62. The Morgan fingerprint density at radius 1 is 1.12 bits per heavy atom. The third-order valence-corrected chi connectivity index (χ3v) is 9.00. The molecule has 5 nitrogen and oxygen atoms in total. The molecular weight excluding hydrogens is 402 g/mol. The highest BCUT2D eigenvalue weighted by atomic mass is 16.4. The summed E-state index contributed by atoms with van der Waals surface area (Å²) in [6.07, 6.45) is 8.86. The molecule has 0 spiro atoms. The van der Waals surface area contributed by atoms with E-state index in [1.54, 1.807) is 17.2 Å². The number of nitrogens with one attached hydrogen (secondary N) is 1. The second-order valence-corrected chi connectivity index (χ2v) is 11.1. The molecule has 0 aromatic heterocycles. The van der Waals surface area contributed by atoms with Gasteiger partial charge in [-0.05, 0) is 80.2 Å². The fourth-order valence-corrected chi connectivity index (χ4v) is 7.09. The number of rotatable bonds is 4. The highest BCUT2D eigenvalue weighted by Gasteiger charge is 2.56. The Morgan fingerprint density at radius 3 is 2.53 bits per heavy atom. The Kier molecular flexibility index (Phi) is 5.89. The van der Waals surface area contributed by atoms with Crippen molar-refractivity contribution in [3.63, 3.8) is 0 Å². The van der Waals surface area contributed by atoms with E-state index >= 15 is 0 Å². The second kappa shape index (κ2) is 8.24. The molecule has 0 heterocycles. The number of anilines is 1. The average molecular weight is 440 g/mol. The van der Waals surface area contributed by atoms with Gasteiger partial charge in [0.15, 0.2) is 0 Å². The summed E-state index contributed by atoms with van der Waals surface area (Å²) >= 11 is 0. The minimum Gasteiger partial charge on any atom is -0.507 e. The van der Waals surface area contributed by atoms with Gasteiger partial charge in [-0.3, -0.25) is 4.79 Å². The van der Waals surface area contributed by atoms with Crippen molar-refractivity contribution in [1.82, 2.24) is 0 Å². The minimum atomic E-state index is -1.19. The molecule has 3 aliphatic carbocycles. The third kappa shape index (κ3) is 3.74. The molecular formula is C27H37NO4. The Bertz CT molecular complexity index is 964. The number of hydrogen-bond donors (Lipinski definition) is 3. The van der Waals surface area contributed by atoms with E-state index < -0.39 is 11.4 Å². The van der Waals surface area contributed by atoms with Gasteiger partial charge in [-0.2, -0.15) is 0 Å². The van der Waals surface area contributed by atoms with E-state index in [4.69, 9.17) is 5.11 Å². The summed E-state index contributed by atoms with van der Waals surface area (Å²) in [5.41, 5.74) is 3.19. The number of hydrogen-bond acceptors (Lipinski definition) is 3. The van der Waals surface area contributed by atoms with Crippen LogP contribution in [0.5, 0.6) is 5.75 Å². The Balaban J connectivity index is 1.59. The zero-order chi connectivity index (χ0) is 23.3. The normalized spacial score (nSPS) is 32.3. The molecule has 1 aromatic carbocycles. The van der Waals surface area contributed by atoms with Crippen molar-refractivity contribution >= 4 is 17.6 Å². The second-order valence-electron chi connectivity index (χ2n) is 11.1. The monoisotopic (exact) mass is 439 g/mol. The number of carbonyl (C=O) groups is 2. The third-order valence-electron chi connectivity index (χ3n) is 9.00. The fraction of sp³-hybridized carbons (Fsp3) is 0.630. The SMILES string of the molecule is CC(C)C1CCC2=C(CCC3C2(C)CCC[C@@]3(C)C(=O)Nc2ccc(C(=O)O)c(O)c2)C1. The van der Waals surface area contributed by atoms with Crippen LogP contribution in [-0.2, 0) is 4.79 Å². The smallest absolute Gasteiger partial charge is 0.339 e. The first-order valence-electron chi connectivity index (χ1n) is 12.2. The minimum absolute atomic E-state index is 0.0178. The predicted octanol–water partition coefficient (Wildman–Crippen LogP) is 6.39. The van der Waals surface area contributed by atoms with Gasteiger partial charge >= 0.3 is 5.97 Å². The average Bonchev–Trinajstić information content (AvgIpc) is 2.73. The lowest BCUT2D eigenvalue weighted by Crippen LogP contribution is -2.52. The molecule has 0 saturated heterocycles. The first-order valence-corrected chi connectivity index (χ1v) is 12.2. The molecule has 174 valence electrons. The Hall–Kier alpha value is -2.30. The first-order chi connectivity index (χ1) is 15.1. The van der Waals surface area contributed by atoms with Gasteiger partial charge in [-0.1, -0.05) is 45.3 Å². The number of carboxylic acid groups (broad SMARTS) is 1. The summed E-state index contributed by atoms with van der Waals surface area (Å²) in [7, 11) is 0. The van der Waals surface area contributed by atoms with Crippen LogP contribution in [0.3, 0.4) is 0 Å². The summed E-state index contributed by atoms with van der Waals surface area (Å²) in [6.45, 7) is 9.19. The molecule has 4 atom stereocenters. The number of amides is 1. The van der Waals surface area contributed by atoms with E-state index in [0.29, 0.717) is 11.6 Å². The summed E-state index contributed by atoms with van der Waals surface area (Å²) in [4.78, 5) is 24.8. The number of phenols is 1. The standard InChI is InChI=1S/C27H37NO4/c1-16(2)17-6-10-21-18(14-17)7-11-23-26(21,3)12-5-13-27(23,4)25(32)28-19-8-9-20(24(30)31)22(29)15-19/h8-9,15-17,23,29H,5-7,10-14H2,1-4H3,(H,28,32)(H,30,31)/t17?,23?,26?,27-/m1/s1. The number of benzene rings is 1. The van der Waals surface area contributed by atoms with Crippen molar-refractivity contribution in [3.8, 4) is 5.75 Å². The Labute approximate surface area is 191 Å². The van der Waals surface area contributed by atoms with Crippen molar-refractivity contribution in [3.05, 3.63) is 34.9 Å². The summed E-state index contributed by atoms with van der Waals surface area (Å²) < 4.78 is 0. The van der Waals surface area contributed by atoms with Gasteiger partial charge in [0.2, 0.25) is 5.91 Å². The molecule has 1 fully saturated rings. The number of carbonyl (C=O) groups excluding carboxylic acids is 1. The van der Waals surface area contributed by atoms with Gasteiger partial charge in [-0.25, -0.2) is 4.79 Å². The van der Waals surface area contributed by atoms with Crippen LogP contribution in [0.4, 0.5) is 5.69 Å². The van der Waals surface area contributed by atoms with Crippen LogP contribution < -0.4 is 5.32 Å². The molecule has 0 radical (unpaired) electrons. The topological polar surface area (TPSA) is 86.6 Å². The number of fused-ring (bicyclic) bond motifs is 2. The van der Waals surface area contributed by atoms with Crippen LogP contribution >= 0.6 is 0 Å². The maximum Gasteiger partial charge on any atom is 0.339 e. The van der Waals surface area contributed by atoms with E-state index in [1.807, 2.05) is 0 Å². The lowest BCUT2D eigenvalue weighted by molar-refractivity contribution is -0.135. The van der Waals surface area contributed by atoms with Gasteiger partial charge in [0.25, 0.3) is 0 Å². The largest absolute Gasteiger partial charge is 0.507 e. The van der Waals surface area contributed by atoms with Crippen LogP contribution in [0.25, 0.3) is 0 Å². The molecule has 3 N–H and O–H groups in total. The molecule has 0 bridgehead atoms. The highest BCUT2D eigenvalue weighted by molar-refractivity contribution is 5.97. The molecule has 1 aromatic rings. The van der Waals surface area contributed by atoms with Gasteiger partial charge in [0.05, 0.1) is 5.41 Å². The summed E-state index contributed by atoms with van der Waals surface area (Å²) in [6, 6.07) is 4.23. The van der Waals surface area contributed by atoms with E-state index in [9.17, 15) is 14.7 Å². The van der Waals surface area contributed by atoms with E-state index in [1.165, 1.54) is 31.4 Å². The zero-order valence-electron chi connectivity index (χ0n) is 19.8. The molecule has 5 heteroatoms. The van der Waals surface area contributed by atoms with Crippen LogP contribution in [0, 0.1) is 28.6 Å². The molecule has 32 heavy (non-hydrogen) atoms. The van der Waals surface area contributed by atoms with Crippen LogP contribution in [0.2, 0.25) is 0 Å². The summed E-state index contributed by atoms with van der Waals surface area (Å²) in [5.74, 6) is 0.271. The summed E-state index contributed by atoms with van der Waals surface area (Å²) in [5, 5.41) is 22.2. The van der Waals surface area contributed by atoms with Crippen molar-refractivity contribution in [2.24, 2.45) is 28.6 Å². The van der Waals surface area contributed by atoms with Gasteiger partial charge in [0.1, 0.15) is 11.3 Å². The number of carboxylic acids is 1. The number of aromatic carboxylic acids is 1. The van der Waals surface area contributed by atoms with Gasteiger partial charge in [-0.15, -0.1) is 0 Å². The fourth-order valence-electron chi connectivity index (χ4n) is 7.09. The van der Waals surface area contributed by atoms with Gasteiger partial charge < -0.3 is 15.5 Å². The first kappa shape index (κ1) is 22.9. The maximum atomic E-state index is 13.6. The molecule has 3 aliphatic rings. The quantitative estimate of drug-likeness (QED) is 0.475. The molecule has 4 rings (SSSR count). The van der Waals surface area contributed by atoms with Gasteiger partial charge in [0, 0.05) is 11.8 Å². The van der Waals surface area contributed by atoms with Crippen molar-refractivity contribution in [2.75, 3.05) is 5.32 Å². The predicted molar refractivity (Wildman–Crippen MR) is 126 cm³/mol. The van der Waals surface area contributed by atoms with Crippen molar-refractivity contribution in [2.45, 2.75) is 79.1 Å². The van der Waals surface area contributed by atoms with E-state index in [0.717, 1.165) is 43.9 Å². The number of allylic oxidation sites excluding steroid dienone is 2. The van der Waals surface area contributed by atoms with Crippen LogP contribution in [0.1, 0.15) is 89.4 Å². The molecule has 0 aliphatic heterocycles. The molecule has 1 saturated carbocycles. The Morgan fingerprint density at radius 2 is 1.88 bits per heavy atom. The molecule has 1 amide bonds. The zero-order valence-corrected chi connectivity index (χ0v) is 19.8. The van der Waals surface area contributed by atoms with Crippen molar-refractivity contribution < 1.29 is 19.8 Å². The lowest BCUT2D eigenvalue weighted by atomic mass is 9.48. The van der Waals surface area contributed by atoms with E-state index in [2.05, 4.69) is 33.0 Å². The maximum absolute atomic E-state index is 13.6. The molecule has 3 unspecified atom stereocenters. The lowest BCUT2D eigenvalue weighted by Gasteiger charge is -2.56. The van der Waals surface area contributed by atoms with Crippen molar-refractivity contribution in [1.29, 1.82) is 0 Å². The van der Waals surface area contributed by atoms with Crippen LogP contribution in [0.15, 0.2) is 29.3 Å². The van der Waals surface area contributed by atoms with Crippen LogP contribution in [-0.4, -0.2) is 22.1 Å². The van der Waals surface area contributed by atoms with E-state index in [-0.39, 0.29) is 22.6 Å².